The predicted molar refractivity (Wildman–Crippen MR) is 69.6 cm³/mol. The molecule has 17 heavy (non-hydrogen) atoms. The van der Waals surface area contributed by atoms with Gasteiger partial charge >= 0.3 is 0 Å². The highest BCUT2D eigenvalue weighted by atomic mass is 79.9. The van der Waals surface area contributed by atoms with Crippen molar-refractivity contribution in [2.45, 2.75) is 19.9 Å². The average Bonchev–Trinajstić information content (AvgIpc) is 2.72. The predicted octanol–water partition coefficient (Wildman–Crippen LogP) is 2.90. The van der Waals surface area contributed by atoms with Gasteiger partial charge in [0.1, 0.15) is 34.0 Å². The second kappa shape index (κ2) is 4.75. The number of aromatic nitrogens is 2. The number of nitrogens with two attached hydrogens (primary N) is 1. The van der Waals surface area contributed by atoms with Crippen LogP contribution in [0.4, 0.5) is 11.6 Å². The highest BCUT2D eigenvalue weighted by Crippen LogP contribution is 2.27. The molecule has 3 N–H and O–H groups in total. The third-order valence-corrected chi connectivity index (χ3v) is 3.14. The van der Waals surface area contributed by atoms with E-state index in [9.17, 15) is 0 Å². The first-order chi connectivity index (χ1) is 8.08. The summed E-state index contributed by atoms with van der Waals surface area (Å²) in [5.74, 6) is 2.80. The van der Waals surface area contributed by atoms with E-state index in [-0.39, 0.29) is 6.04 Å². The lowest BCUT2D eigenvalue weighted by Gasteiger charge is -2.13. The summed E-state index contributed by atoms with van der Waals surface area (Å²) in [4.78, 5) is 8.00. The first-order valence-corrected chi connectivity index (χ1v) is 5.96. The molecule has 90 valence electrons. The Kier molecular flexibility index (Phi) is 3.33. The Hall–Kier alpha value is -1.56. The zero-order chi connectivity index (χ0) is 12.4. The largest absolute Gasteiger partial charge is 0.464 e. The summed E-state index contributed by atoms with van der Waals surface area (Å²) in [7, 11) is 0. The minimum atomic E-state index is 0.00861. The Morgan fingerprint density at radius 2 is 2.18 bits per heavy atom. The summed E-state index contributed by atoms with van der Waals surface area (Å²) in [5.41, 5.74) is 5.68. The van der Waals surface area contributed by atoms with Crippen molar-refractivity contribution in [3.8, 4) is 0 Å². The second-order valence-electron chi connectivity index (χ2n) is 3.74. The fourth-order valence-electron chi connectivity index (χ4n) is 1.45. The van der Waals surface area contributed by atoms with Crippen LogP contribution in [0.1, 0.15) is 24.5 Å². The first-order valence-electron chi connectivity index (χ1n) is 5.16. The standard InChI is InChI=1S/C11H13BrN4O/c1-6-3-4-8(17-6)7(2)16-11-9(12)10(13)14-5-15-11/h3-5,7H,1-2H3,(H3,13,14,15,16). The van der Waals surface area contributed by atoms with Gasteiger partial charge in [-0.15, -0.1) is 0 Å². The van der Waals surface area contributed by atoms with Gasteiger partial charge in [0.15, 0.2) is 0 Å². The van der Waals surface area contributed by atoms with Gasteiger partial charge in [-0.05, 0) is 41.9 Å². The van der Waals surface area contributed by atoms with E-state index < -0.39 is 0 Å². The van der Waals surface area contributed by atoms with E-state index in [4.69, 9.17) is 10.2 Å². The van der Waals surface area contributed by atoms with Crippen molar-refractivity contribution < 1.29 is 4.42 Å². The average molecular weight is 297 g/mol. The molecule has 2 heterocycles. The summed E-state index contributed by atoms with van der Waals surface area (Å²) in [6.07, 6.45) is 1.42. The fraction of sp³-hybridized carbons (Fsp3) is 0.273. The zero-order valence-corrected chi connectivity index (χ0v) is 11.2. The van der Waals surface area contributed by atoms with Crippen molar-refractivity contribution in [1.82, 2.24) is 9.97 Å². The monoisotopic (exact) mass is 296 g/mol. The Morgan fingerprint density at radius 3 is 2.82 bits per heavy atom. The van der Waals surface area contributed by atoms with Gasteiger partial charge in [0.2, 0.25) is 0 Å². The molecule has 0 bridgehead atoms. The number of furan rings is 1. The summed E-state index contributed by atoms with van der Waals surface area (Å²) < 4.78 is 6.20. The maximum Gasteiger partial charge on any atom is 0.146 e. The highest BCUT2D eigenvalue weighted by Gasteiger charge is 2.13. The van der Waals surface area contributed by atoms with Gasteiger partial charge in [-0.25, -0.2) is 9.97 Å². The van der Waals surface area contributed by atoms with Crippen LogP contribution in [0.5, 0.6) is 0 Å². The van der Waals surface area contributed by atoms with Gasteiger partial charge in [-0.1, -0.05) is 0 Å². The lowest BCUT2D eigenvalue weighted by Crippen LogP contribution is -2.09. The van der Waals surface area contributed by atoms with E-state index in [1.54, 1.807) is 0 Å². The molecule has 0 spiro atoms. The fourth-order valence-corrected chi connectivity index (χ4v) is 1.77. The van der Waals surface area contributed by atoms with Crippen LogP contribution in [0.25, 0.3) is 0 Å². The van der Waals surface area contributed by atoms with Gasteiger partial charge in [0, 0.05) is 0 Å². The van der Waals surface area contributed by atoms with Crippen molar-refractivity contribution in [2.24, 2.45) is 0 Å². The van der Waals surface area contributed by atoms with E-state index in [2.05, 4.69) is 31.2 Å². The van der Waals surface area contributed by atoms with Crippen molar-refractivity contribution >= 4 is 27.6 Å². The molecule has 5 nitrogen and oxygen atoms in total. The van der Waals surface area contributed by atoms with E-state index >= 15 is 0 Å². The summed E-state index contributed by atoms with van der Waals surface area (Å²) in [6.45, 7) is 3.90. The molecular formula is C11H13BrN4O. The number of hydrogen-bond donors (Lipinski definition) is 2. The molecule has 0 aliphatic carbocycles. The van der Waals surface area contributed by atoms with Crippen molar-refractivity contribution in [3.05, 3.63) is 34.5 Å². The third-order valence-electron chi connectivity index (χ3n) is 2.36. The number of nitrogen functional groups attached to an aromatic ring is 1. The minimum Gasteiger partial charge on any atom is -0.464 e. The van der Waals surface area contributed by atoms with Crippen LogP contribution in [-0.4, -0.2) is 9.97 Å². The number of anilines is 2. The van der Waals surface area contributed by atoms with E-state index in [1.807, 2.05) is 26.0 Å². The lowest BCUT2D eigenvalue weighted by atomic mass is 10.2. The molecule has 0 radical (unpaired) electrons. The summed E-state index contributed by atoms with van der Waals surface area (Å²) >= 11 is 3.34. The van der Waals surface area contributed by atoms with Gasteiger partial charge in [0.25, 0.3) is 0 Å². The zero-order valence-electron chi connectivity index (χ0n) is 9.57. The number of nitrogens with zero attached hydrogens (tertiary/aromatic N) is 2. The normalized spacial score (nSPS) is 12.4. The number of rotatable bonds is 3. The third kappa shape index (κ3) is 2.58. The van der Waals surface area contributed by atoms with Crippen LogP contribution in [0, 0.1) is 6.92 Å². The smallest absolute Gasteiger partial charge is 0.146 e. The topological polar surface area (TPSA) is 77.0 Å². The molecule has 0 aliphatic rings. The van der Waals surface area contributed by atoms with Gasteiger partial charge in [-0.3, -0.25) is 0 Å². The van der Waals surface area contributed by atoms with E-state index in [1.165, 1.54) is 6.33 Å². The number of nitrogens with one attached hydrogen (secondary N) is 1. The maximum absolute atomic E-state index is 5.68. The molecule has 0 saturated heterocycles. The summed E-state index contributed by atoms with van der Waals surface area (Å²) in [6, 6.07) is 3.87. The van der Waals surface area contributed by atoms with Crippen LogP contribution < -0.4 is 11.1 Å². The molecule has 2 aromatic rings. The first kappa shape index (κ1) is 11.9. The number of hydrogen-bond acceptors (Lipinski definition) is 5. The second-order valence-corrected chi connectivity index (χ2v) is 4.53. The van der Waals surface area contributed by atoms with Crippen LogP contribution in [0.3, 0.4) is 0 Å². The lowest BCUT2D eigenvalue weighted by molar-refractivity contribution is 0.466. The molecule has 0 fully saturated rings. The molecule has 1 atom stereocenters. The maximum atomic E-state index is 5.68. The van der Waals surface area contributed by atoms with Crippen molar-refractivity contribution in [2.75, 3.05) is 11.1 Å². The Bertz CT molecular complexity index is 526. The van der Waals surface area contributed by atoms with Crippen LogP contribution in [0.2, 0.25) is 0 Å². The molecule has 6 heteroatoms. The molecule has 2 rings (SSSR count). The number of halogens is 1. The Morgan fingerprint density at radius 1 is 1.41 bits per heavy atom. The quantitative estimate of drug-likeness (QED) is 0.911. The van der Waals surface area contributed by atoms with Crippen LogP contribution in [-0.2, 0) is 0 Å². The molecular weight excluding hydrogens is 284 g/mol. The van der Waals surface area contributed by atoms with Gasteiger partial charge < -0.3 is 15.5 Å². The molecule has 1 unspecified atom stereocenters. The van der Waals surface area contributed by atoms with Crippen LogP contribution in [0.15, 0.2) is 27.3 Å². The van der Waals surface area contributed by atoms with E-state index in [0.29, 0.717) is 16.1 Å². The van der Waals surface area contributed by atoms with Crippen molar-refractivity contribution in [3.63, 3.8) is 0 Å². The Balaban J connectivity index is 2.18. The molecule has 2 aromatic heterocycles. The Labute approximate surface area is 108 Å². The minimum absolute atomic E-state index is 0.00861. The van der Waals surface area contributed by atoms with Gasteiger partial charge in [-0.2, -0.15) is 0 Å². The molecule has 0 amide bonds. The SMILES string of the molecule is Cc1ccc(C(C)Nc2ncnc(N)c2Br)o1. The van der Waals surface area contributed by atoms with Gasteiger partial charge in [0.05, 0.1) is 6.04 Å². The molecule has 0 aromatic carbocycles. The summed E-state index contributed by atoms with van der Waals surface area (Å²) in [5, 5.41) is 3.21. The van der Waals surface area contributed by atoms with Crippen molar-refractivity contribution in [1.29, 1.82) is 0 Å². The molecule has 0 saturated carbocycles. The highest BCUT2D eigenvalue weighted by molar-refractivity contribution is 9.10. The van der Waals surface area contributed by atoms with E-state index in [0.717, 1.165) is 11.5 Å². The number of aryl methyl sites for hydroxylation is 1. The van der Waals surface area contributed by atoms with Crippen LogP contribution >= 0.6 is 15.9 Å². The molecule has 0 aliphatic heterocycles.